The van der Waals surface area contributed by atoms with Crippen LogP contribution in [0.2, 0.25) is 5.02 Å². The molecule has 26 heavy (non-hydrogen) atoms. The second kappa shape index (κ2) is 9.34. The van der Waals surface area contributed by atoms with Crippen LogP contribution in [0.15, 0.2) is 48.5 Å². The fraction of sp³-hybridized carbons (Fsp3) is 0.300. The van der Waals surface area contributed by atoms with E-state index in [1.807, 2.05) is 13.8 Å². The maximum absolute atomic E-state index is 12.9. The van der Waals surface area contributed by atoms with Crippen molar-refractivity contribution in [3.8, 4) is 0 Å². The second-order valence-corrected chi connectivity index (χ2v) is 6.94. The molecule has 6 heteroatoms. The zero-order valence-corrected chi connectivity index (χ0v) is 15.5. The Morgan fingerprint density at radius 1 is 1.04 bits per heavy atom. The van der Waals surface area contributed by atoms with Crippen LogP contribution in [-0.4, -0.2) is 17.9 Å². The van der Waals surface area contributed by atoms with E-state index in [1.165, 1.54) is 12.1 Å². The Morgan fingerprint density at radius 3 is 2.23 bits per heavy atom. The average molecular weight is 377 g/mol. The average Bonchev–Trinajstić information content (AvgIpc) is 2.60. The van der Waals surface area contributed by atoms with Crippen molar-refractivity contribution in [2.75, 3.05) is 0 Å². The Hall–Kier alpha value is -2.40. The van der Waals surface area contributed by atoms with Gasteiger partial charge in [0.15, 0.2) is 0 Å². The molecule has 0 heterocycles. The molecule has 0 aliphatic heterocycles. The largest absolute Gasteiger partial charge is 0.350 e. The van der Waals surface area contributed by atoms with Gasteiger partial charge < -0.3 is 10.6 Å². The minimum Gasteiger partial charge on any atom is -0.350 e. The van der Waals surface area contributed by atoms with Gasteiger partial charge in [0.05, 0.1) is 0 Å². The minimum absolute atomic E-state index is 0.224. The monoisotopic (exact) mass is 376 g/mol. The number of benzene rings is 2. The van der Waals surface area contributed by atoms with Gasteiger partial charge in [-0.25, -0.2) is 4.39 Å². The summed E-state index contributed by atoms with van der Waals surface area (Å²) in [6, 6.07) is 11.7. The van der Waals surface area contributed by atoms with Gasteiger partial charge in [-0.2, -0.15) is 0 Å². The summed E-state index contributed by atoms with van der Waals surface area (Å²) >= 11 is 5.83. The van der Waals surface area contributed by atoms with Crippen molar-refractivity contribution in [2.24, 2.45) is 5.92 Å². The smallest absolute Gasteiger partial charge is 0.251 e. The van der Waals surface area contributed by atoms with Crippen LogP contribution in [-0.2, 0) is 11.3 Å². The molecular formula is C20H22ClFN2O2. The van der Waals surface area contributed by atoms with E-state index in [2.05, 4.69) is 10.6 Å². The molecule has 2 amide bonds. The molecule has 2 aromatic carbocycles. The molecule has 2 rings (SSSR count). The second-order valence-electron chi connectivity index (χ2n) is 6.51. The molecule has 0 aliphatic rings. The first-order valence-electron chi connectivity index (χ1n) is 8.43. The van der Waals surface area contributed by atoms with Crippen LogP contribution in [0.25, 0.3) is 0 Å². The third-order valence-electron chi connectivity index (χ3n) is 3.82. The summed E-state index contributed by atoms with van der Waals surface area (Å²) in [6.07, 6.45) is 0.509. The normalized spacial score (nSPS) is 11.9. The first-order chi connectivity index (χ1) is 12.3. The van der Waals surface area contributed by atoms with E-state index in [0.29, 0.717) is 17.0 Å². The molecule has 1 atom stereocenters. The Bertz CT molecular complexity index is 745. The molecule has 4 nitrogen and oxygen atoms in total. The summed E-state index contributed by atoms with van der Waals surface area (Å²) in [7, 11) is 0. The van der Waals surface area contributed by atoms with Gasteiger partial charge in [0.2, 0.25) is 5.91 Å². The van der Waals surface area contributed by atoms with Crippen molar-refractivity contribution in [1.29, 1.82) is 0 Å². The Labute approximate surface area is 157 Å². The van der Waals surface area contributed by atoms with Crippen LogP contribution >= 0.6 is 11.6 Å². The maximum Gasteiger partial charge on any atom is 0.251 e. The summed E-state index contributed by atoms with van der Waals surface area (Å²) < 4.78 is 12.9. The lowest BCUT2D eigenvalue weighted by molar-refractivity contribution is -0.123. The van der Waals surface area contributed by atoms with Crippen LogP contribution in [0, 0.1) is 11.7 Å². The zero-order valence-electron chi connectivity index (χ0n) is 14.8. The van der Waals surface area contributed by atoms with E-state index in [0.717, 1.165) is 5.56 Å². The lowest BCUT2D eigenvalue weighted by atomic mass is 10.0. The topological polar surface area (TPSA) is 58.2 Å². The highest BCUT2D eigenvalue weighted by Gasteiger charge is 2.22. The number of carbonyl (C=O) groups is 2. The molecular weight excluding hydrogens is 355 g/mol. The van der Waals surface area contributed by atoms with Gasteiger partial charge in [-0.3, -0.25) is 9.59 Å². The fourth-order valence-corrected chi connectivity index (χ4v) is 2.59. The first-order valence-corrected chi connectivity index (χ1v) is 8.81. The van der Waals surface area contributed by atoms with Gasteiger partial charge in [-0.05, 0) is 54.3 Å². The van der Waals surface area contributed by atoms with Gasteiger partial charge in [0, 0.05) is 17.1 Å². The number of rotatable bonds is 7. The Kier molecular flexibility index (Phi) is 7.16. The van der Waals surface area contributed by atoms with Crippen LogP contribution < -0.4 is 10.6 Å². The van der Waals surface area contributed by atoms with E-state index >= 15 is 0 Å². The van der Waals surface area contributed by atoms with Crippen molar-refractivity contribution < 1.29 is 14.0 Å². The molecule has 0 fully saturated rings. The van der Waals surface area contributed by atoms with Gasteiger partial charge >= 0.3 is 0 Å². The summed E-state index contributed by atoms with van der Waals surface area (Å²) in [4.78, 5) is 24.9. The summed E-state index contributed by atoms with van der Waals surface area (Å²) in [6.45, 7) is 4.23. The Balaban J connectivity index is 2.00. The minimum atomic E-state index is -0.654. The van der Waals surface area contributed by atoms with Crippen molar-refractivity contribution in [1.82, 2.24) is 10.6 Å². The molecule has 0 spiro atoms. The van der Waals surface area contributed by atoms with Gasteiger partial charge in [0.1, 0.15) is 11.9 Å². The molecule has 0 radical (unpaired) electrons. The van der Waals surface area contributed by atoms with Gasteiger partial charge in [-0.1, -0.05) is 37.6 Å². The number of hydrogen-bond acceptors (Lipinski definition) is 2. The fourth-order valence-electron chi connectivity index (χ4n) is 2.46. The first kappa shape index (κ1) is 19.9. The summed E-state index contributed by atoms with van der Waals surface area (Å²) in [5.41, 5.74) is 1.22. The molecule has 0 aliphatic carbocycles. The van der Waals surface area contributed by atoms with Crippen molar-refractivity contribution in [3.63, 3.8) is 0 Å². The number of hydrogen-bond donors (Lipinski definition) is 2. The lowest BCUT2D eigenvalue weighted by Gasteiger charge is -2.20. The summed E-state index contributed by atoms with van der Waals surface area (Å²) in [5, 5.41) is 6.11. The molecule has 2 N–H and O–H groups in total. The number of nitrogens with one attached hydrogen (secondary N) is 2. The van der Waals surface area contributed by atoms with E-state index in [4.69, 9.17) is 11.6 Å². The standard InChI is InChI=1S/C20H22ClFN2O2/c1-13(2)11-18(24-19(25)15-5-7-16(21)8-6-15)20(26)23-12-14-3-9-17(22)10-4-14/h3-10,13,18H,11-12H2,1-2H3,(H,23,26)(H,24,25)/t18-/m0/s1. The Morgan fingerprint density at radius 2 is 1.65 bits per heavy atom. The van der Waals surface area contributed by atoms with Crippen LogP contribution in [0.1, 0.15) is 36.2 Å². The highest BCUT2D eigenvalue weighted by atomic mass is 35.5. The highest BCUT2D eigenvalue weighted by molar-refractivity contribution is 6.30. The molecule has 2 aromatic rings. The number of carbonyl (C=O) groups excluding carboxylic acids is 2. The molecule has 0 aromatic heterocycles. The third-order valence-corrected chi connectivity index (χ3v) is 4.07. The quantitative estimate of drug-likeness (QED) is 0.769. The number of halogens is 2. The molecule has 0 bridgehead atoms. The number of amides is 2. The lowest BCUT2D eigenvalue weighted by Crippen LogP contribution is -2.47. The third kappa shape index (κ3) is 6.15. The van der Waals surface area contributed by atoms with Crippen molar-refractivity contribution in [2.45, 2.75) is 32.9 Å². The zero-order chi connectivity index (χ0) is 19.1. The van der Waals surface area contributed by atoms with Crippen LogP contribution in [0.4, 0.5) is 4.39 Å². The van der Waals surface area contributed by atoms with Gasteiger partial charge in [-0.15, -0.1) is 0 Å². The van der Waals surface area contributed by atoms with E-state index < -0.39 is 6.04 Å². The SMILES string of the molecule is CC(C)C[C@H](NC(=O)c1ccc(Cl)cc1)C(=O)NCc1ccc(F)cc1. The maximum atomic E-state index is 12.9. The van der Waals surface area contributed by atoms with Gasteiger partial charge in [0.25, 0.3) is 5.91 Å². The molecule has 0 saturated carbocycles. The van der Waals surface area contributed by atoms with Crippen LogP contribution in [0.3, 0.4) is 0 Å². The van der Waals surface area contributed by atoms with Crippen LogP contribution in [0.5, 0.6) is 0 Å². The molecule has 138 valence electrons. The predicted octanol–water partition coefficient (Wildman–Crippen LogP) is 3.94. The van der Waals surface area contributed by atoms with Crippen molar-refractivity contribution in [3.05, 3.63) is 70.5 Å². The summed E-state index contributed by atoms with van der Waals surface area (Å²) in [5.74, 6) is -0.704. The molecule has 0 unspecified atom stereocenters. The predicted molar refractivity (Wildman–Crippen MR) is 100 cm³/mol. The van der Waals surface area contributed by atoms with E-state index in [-0.39, 0.29) is 30.1 Å². The van der Waals surface area contributed by atoms with Crippen molar-refractivity contribution >= 4 is 23.4 Å². The van der Waals surface area contributed by atoms with E-state index in [9.17, 15) is 14.0 Å². The molecule has 0 saturated heterocycles. The highest BCUT2D eigenvalue weighted by Crippen LogP contribution is 2.11. The van der Waals surface area contributed by atoms with E-state index in [1.54, 1.807) is 36.4 Å².